The summed E-state index contributed by atoms with van der Waals surface area (Å²) >= 11 is 0. The van der Waals surface area contributed by atoms with E-state index in [0.29, 0.717) is 23.2 Å². The first-order valence-electron chi connectivity index (χ1n) is 11.3. The van der Waals surface area contributed by atoms with Crippen molar-refractivity contribution >= 4 is 8.32 Å². The lowest BCUT2D eigenvalue weighted by molar-refractivity contribution is -0.0309. The van der Waals surface area contributed by atoms with E-state index in [4.69, 9.17) is 4.43 Å². The highest BCUT2D eigenvalue weighted by Crippen LogP contribution is 2.58. The molecule has 158 valence electrons. The van der Waals surface area contributed by atoms with Gasteiger partial charge in [-0.25, -0.2) is 0 Å². The lowest BCUT2D eigenvalue weighted by Crippen LogP contribution is -2.45. The van der Waals surface area contributed by atoms with Crippen LogP contribution in [0.15, 0.2) is 12.2 Å². The summed E-state index contributed by atoms with van der Waals surface area (Å²) in [4.78, 5) is 0. The summed E-state index contributed by atoms with van der Waals surface area (Å²) in [5.74, 6) is 1.87. The molecule has 0 saturated heterocycles. The molecule has 0 amide bonds. The van der Waals surface area contributed by atoms with Crippen LogP contribution in [0.5, 0.6) is 0 Å². The molecule has 0 aliphatic heterocycles. The van der Waals surface area contributed by atoms with Gasteiger partial charge in [0.1, 0.15) is 0 Å². The molecule has 0 heterocycles. The van der Waals surface area contributed by atoms with Crippen molar-refractivity contribution in [1.82, 2.24) is 0 Å². The molecule has 0 aromatic rings. The minimum absolute atomic E-state index is 0.0735. The number of fused-ring (bicyclic) bond motifs is 1. The van der Waals surface area contributed by atoms with Crippen LogP contribution in [0.2, 0.25) is 18.1 Å². The zero-order chi connectivity index (χ0) is 20.6. The molecule has 0 spiro atoms. The number of aliphatic hydroxyl groups excluding tert-OH is 1. The van der Waals surface area contributed by atoms with Gasteiger partial charge in [0.25, 0.3) is 0 Å². The third kappa shape index (κ3) is 5.08. The van der Waals surface area contributed by atoms with Gasteiger partial charge < -0.3 is 9.53 Å². The van der Waals surface area contributed by atoms with Gasteiger partial charge in [-0.05, 0) is 86.7 Å². The van der Waals surface area contributed by atoms with E-state index in [1.165, 1.54) is 31.3 Å². The topological polar surface area (TPSA) is 29.5 Å². The predicted molar refractivity (Wildman–Crippen MR) is 119 cm³/mol. The van der Waals surface area contributed by atoms with Gasteiger partial charge in [-0.3, -0.25) is 0 Å². The fourth-order valence-electron chi connectivity index (χ4n) is 5.86. The second kappa shape index (κ2) is 8.32. The van der Waals surface area contributed by atoms with Crippen molar-refractivity contribution in [3.05, 3.63) is 12.2 Å². The van der Waals surface area contributed by atoms with Crippen LogP contribution in [0.4, 0.5) is 0 Å². The van der Waals surface area contributed by atoms with Gasteiger partial charge >= 0.3 is 0 Å². The van der Waals surface area contributed by atoms with Gasteiger partial charge in [0, 0.05) is 6.10 Å². The summed E-state index contributed by atoms with van der Waals surface area (Å²) in [5.41, 5.74) is 1.55. The SMILES string of the molecule is C=C(C)CC(CC(C)C1CCC2C(O)CCCC12C)O[Si](C)(C)C(C)(C)C. The fourth-order valence-corrected chi connectivity index (χ4v) is 7.22. The highest BCUT2D eigenvalue weighted by atomic mass is 28.4. The third-order valence-electron chi connectivity index (χ3n) is 8.33. The summed E-state index contributed by atoms with van der Waals surface area (Å²) in [6.45, 7) is 22.9. The van der Waals surface area contributed by atoms with Crippen LogP contribution in [-0.4, -0.2) is 25.6 Å². The first-order chi connectivity index (χ1) is 12.3. The van der Waals surface area contributed by atoms with Crippen LogP contribution < -0.4 is 0 Å². The van der Waals surface area contributed by atoms with Gasteiger partial charge in [0.05, 0.1) is 6.10 Å². The summed E-state index contributed by atoms with van der Waals surface area (Å²) < 4.78 is 6.86. The number of aliphatic hydroxyl groups is 1. The lowest BCUT2D eigenvalue weighted by atomic mass is 9.61. The maximum absolute atomic E-state index is 10.6. The highest BCUT2D eigenvalue weighted by Gasteiger charge is 2.52. The van der Waals surface area contributed by atoms with Crippen molar-refractivity contribution in [1.29, 1.82) is 0 Å². The van der Waals surface area contributed by atoms with Gasteiger partial charge in [0.15, 0.2) is 8.32 Å². The second-order valence-electron chi connectivity index (χ2n) is 11.6. The van der Waals surface area contributed by atoms with Gasteiger partial charge in [-0.2, -0.15) is 0 Å². The van der Waals surface area contributed by atoms with E-state index in [9.17, 15) is 5.11 Å². The zero-order valence-corrected chi connectivity index (χ0v) is 20.4. The number of hydrogen-bond acceptors (Lipinski definition) is 2. The molecule has 2 nitrogen and oxygen atoms in total. The van der Waals surface area contributed by atoms with Crippen LogP contribution in [-0.2, 0) is 4.43 Å². The molecule has 0 aromatic heterocycles. The Labute approximate surface area is 170 Å². The molecule has 2 rings (SSSR count). The Hall–Kier alpha value is -0.123. The van der Waals surface area contributed by atoms with E-state index < -0.39 is 8.32 Å². The Kier molecular flexibility index (Phi) is 7.13. The smallest absolute Gasteiger partial charge is 0.192 e. The average molecular weight is 395 g/mol. The summed E-state index contributed by atoms with van der Waals surface area (Å²) in [5, 5.41) is 10.8. The van der Waals surface area contributed by atoms with Gasteiger partial charge in [-0.1, -0.05) is 46.6 Å². The van der Waals surface area contributed by atoms with Gasteiger partial charge in [-0.15, -0.1) is 6.58 Å². The van der Waals surface area contributed by atoms with Crippen LogP contribution in [0.3, 0.4) is 0 Å². The Morgan fingerprint density at radius 3 is 2.44 bits per heavy atom. The maximum atomic E-state index is 10.6. The highest BCUT2D eigenvalue weighted by molar-refractivity contribution is 6.74. The second-order valence-corrected chi connectivity index (χ2v) is 16.4. The first kappa shape index (κ1) is 23.2. The quantitative estimate of drug-likeness (QED) is 0.374. The van der Waals surface area contributed by atoms with E-state index in [-0.39, 0.29) is 17.2 Å². The van der Waals surface area contributed by atoms with Crippen molar-refractivity contribution in [2.24, 2.45) is 23.2 Å². The van der Waals surface area contributed by atoms with Crippen molar-refractivity contribution in [2.75, 3.05) is 0 Å². The molecule has 2 saturated carbocycles. The molecular formula is C24H46O2Si. The third-order valence-corrected chi connectivity index (χ3v) is 12.9. The summed E-state index contributed by atoms with van der Waals surface area (Å²) in [6.07, 6.45) is 8.29. The van der Waals surface area contributed by atoms with Crippen LogP contribution in [0, 0.1) is 23.2 Å². The molecule has 3 heteroatoms. The van der Waals surface area contributed by atoms with Crippen LogP contribution in [0.25, 0.3) is 0 Å². The van der Waals surface area contributed by atoms with Crippen molar-refractivity contribution in [3.63, 3.8) is 0 Å². The summed E-state index contributed by atoms with van der Waals surface area (Å²) in [7, 11) is -1.79. The normalized spacial score (nSPS) is 34.2. The number of rotatable bonds is 7. The van der Waals surface area contributed by atoms with Crippen LogP contribution >= 0.6 is 0 Å². The van der Waals surface area contributed by atoms with E-state index in [2.05, 4.69) is 61.2 Å². The zero-order valence-electron chi connectivity index (χ0n) is 19.4. The molecule has 27 heavy (non-hydrogen) atoms. The molecule has 6 atom stereocenters. The monoisotopic (exact) mass is 394 g/mol. The van der Waals surface area contributed by atoms with Crippen molar-refractivity contribution < 1.29 is 9.53 Å². The molecule has 2 aliphatic rings. The molecule has 2 aliphatic carbocycles. The Morgan fingerprint density at radius 1 is 1.26 bits per heavy atom. The molecule has 0 aromatic carbocycles. The molecule has 6 unspecified atom stereocenters. The maximum Gasteiger partial charge on any atom is 0.192 e. The Bertz CT molecular complexity index is 521. The van der Waals surface area contributed by atoms with Gasteiger partial charge in [0.2, 0.25) is 0 Å². The molecule has 0 radical (unpaired) electrons. The minimum atomic E-state index is -1.79. The molecule has 1 N–H and O–H groups in total. The average Bonchev–Trinajstić information content (AvgIpc) is 2.83. The lowest BCUT2D eigenvalue weighted by Gasteiger charge is -2.46. The van der Waals surface area contributed by atoms with E-state index in [1.807, 2.05) is 0 Å². The van der Waals surface area contributed by atoms with Crippen molar-refractivity contribution in [3.8, 4) is 0 Å². The predicted octanol–water partition coefficient (Wildman–Crippen LogP) is 6.95. The van der Waals surface area contributed by atoms with E-state index in [0.717, 1.165) is 19.3 Å². The first-order valence-corrected chi connectivity index (χ1v) is 14.2. The number of hydrogen-bond donors (Lipinski definition) is 1. The molecular weight excluding hydrogens is 348 g/mol. The van der Waals surface area contributed by atoms with Crippen LogP contribution in [0.1, 0.15) is 86.5 Å². The largest absolute Gasteiger partial charge is 0.414 e. The standard InChI is InChI=1S/C24H46O2Si/c1-17(2)15-19(26-27(8,9)23(4,5)6)16-18(3)20-12-13-21-22(25)11-10-14-24(20,21)7/h18-22,25H,1,10-16H2,2-9H3. The van der Waals surface area contributed by atoms with E-state index >= 15 is 0 Å². The van der Waals surface area contributed by atoms with E-state index in [1.54, 1.807) is 0 Å². The Morgan fingerprint density at radius 2 is 1.89 bits per heavy atom. The minimum Gasteiger partial charge on any atom is -0.414 e. The molecule has 2 fully saturated rings. The van der Waals surface area contributed by atoms with Crippen molar-refractivity contribution in [2.45, 2.75) is 117 Å². The fraction of sp³-hybridized carbons (Fsp3) is 0.917. The summed E-state index contributed by atoms with van der Waals surface area (Å²) in [6, 6.07) is 0. The molecule has 0 bridgehead atoms. The Balaban J connectivity index is 2.11.